The van der Waals surface area contributed by atoms with Crippen LogP contribution in [0.15, 0.2) is 40.2 Å². The maximum atomic E-state index is 9.06. The first-order valence-corrected chi connectivity index (χ1v) is 8.84. The Labute approximate surface area is 152 Å². The molecule has 2 fully saturated rings. The van der Waals surface area contributed by atoms with Crippen LogP contribution in [-0.2, 0) is 0 Å². The van der Waals surface area contributed by atoms with Crippen molar-refractivity contribution >= 4 is 11.6 Å². The first kappa shape index (κ1) is 16.5. The van der Waals surface area contributed by atoms with Crippen molar-refractivity contribution in [1.82, 2.24) is 15.6 Å². The third-order valence-electron chi connectivity index (χ3n) is 5.36. The van der Waals surface area contributed by atoms with Gasteiger partial charge in [-0.15, -0.1) is 0 Å². The van der Waals surface area contributed by atoms with Crippen molar-refractivity contribution in [3.63, 3.8) is 0 Å². The zero-order valence-electron chi connectivity index (χ0n) is 14.6. The van der Waals surface area contributed by atoms with Crippen LogP contribution < -0.4 is 15.4 Å². The highest BCUT2D eigenvalue weighted by molar-refractivity contribution is 5.84. The standard InChI is InChI=1S/C19H21N5O2/c1-25-17-8-14(4-5-15(17)18-9-21-11-26-18)23-19(22-10-20)24-16-7-12-2-3-13(16)6-12/h4-5,8-9,11-13,16H,2-3,6-7H2,1H3,(H2,22,23,24). The van der Waals surface area contributed by atoms with Crippen LogP contribution in [0.1, 0.15) is 25.7 Å². The number of guanidine groups is 1. The third kappa shape index (κ3) is 3.23. The minimum atomic E-state index is 0.392. The predicted molar refractivity (Wildman–Crippen MR) is 96.7 cm³/mol. The van der Waals surface area contributed by atoms with Crippen LogP contribution in [0.25, 0.3) is 11.3 Å². The molecule has 4 rings (SSSR count). The average molecular weight is 351 g/mol. The molecular formula is C19H21N5O2. The van der Waals surface area contributed by atoms with Crippen molar-refractivity contribution in [2.45, 2.75) is 31.7 Å². The van der Waals surface area contributed by atoms with Gasteiger partial charge in [-0.05, 0) is 43.2 Å². The molecule has 0 amide bonds. The van der Waals surface area contributed by atoms with Gasteiger partial charge in [-0.2, -0.15) is 5.26 Å². The molecule has 1 heterocycles. The Morgan fingerprint density at radius 1 is 1.38 bits per heavy atom. The molecule has 2 aliphatic carbocycles. The normalized spacial score (nSPS) is 24.3. The van der Waals surface area contributed by atoms with Crippen molar-refractivity contribution in [2.75, 3.05) is 7.11 Å². The summed E-state index contributed by atoms with van der Waals surface area (Å²) in [6.07, 6.45) is 10.0. The van der Waals surface area contributed by atoms with Gasteiger partial charge in [0.05, 0.1) is 24.6 Å². The smallest absolute Gasteiger partial charge is 0.210 e. The number of nitrogens with one attached hydrogen (secondary N) is 2. The zero-order chi connectivity index (χ0) is 17.9. The lowest BCUT2D eigenvalue weighted by Crippen LogP contribution is -2.44. The van der Waals surface area contributed by atoms with Gasteiger partial charge < -0.3 is 14.5 Å². The Morgan fingerprint density at radius 2 is 2.31 bits per heavy atom. The minimum absolute atomic E-state index is 0.392. The third-order valence-corrected chi connectivity index (χ3v) is 5.36. The van der Waals surface area contributed by atoms with Crippen LogP contribution in [0.2, 0.25) is 0 Å². The number of rotatable bonds is 4. The summed E-state index contributed by atoms with van der Waals surface area (Å²) in [5, 5.41) is 15.2. The summed E-state index contributed by atoms with van der Waals surface area (Å²) in [7, 11) is 1.60. The van der Waals surface area contributed by atoms with Crippen LogP contribution in [-0.4, -0.2) is 24.1 Å². The summed E-state index contributed by atoms with van der Waals surface area (Å²) < 4.78 is 10.8. The van der Waals surface area contributed by atoms with Crippen molar-refractivity contribution in [3.8, 4) is 23.3 Å². The Balaban J connectivity index is 1.57. The summed E-state index contributed by atoms with van der Waals surface area (Å²) in [6.45, 7) is 0. The highest BCUT2D eigenvalue weighted by Gasteiger charge is 2.39. The second-order valence-electron chi connectivity index (χ2n) is 6.87. The van der Waals surface area contributed by atoms with Gasteiger partial charge in [-0.1, -0.05) is 6.42 Å². The molecule has 7 nitrogen and oxygen atoms in total. The molecule has 2 N–H and O–H groups in total. The van der Waals surface area contributed by atoms with Gasteiger partial charge in [0, 0.05) is 12.1 Å². The van der Waals surface area contributed by atoms with Gasteiger partial charge in [-0.3, -0.25) is 5.32 Å². The quantitative estimate of drug-likeness (QED) is 0.380. The van der Waals surface area contributed by atoms with Gasteiger partial charge >= 0.3 is 0 Å². The summed E-state index contributed by atoms with van der Waals surface area (Å²) in [5.41, 5.74) is 1.50. The van der Waals surface area contributed by atoms with Gasteiger partial charge in [-0.25, -0.2) is 9.98 Å². The van der Waals surface area contributed by atoms with Gasteiger partial charge in [0.25, 0.3) is 0 Å². The second kappa shape index (κ2) is 7.08. The number of nitriles is 1. The fourth-order valence-corrected chi connectivity index (χ4v) is 4.18. The van der Waals surface area contributed by atoms with Gasteiger partial charge in [0.15, 0.2) is 18.3 Å². The fraction of sp³-hybridized carbons (Fsp3) is 0.421. The molecule has 0 aliphatic heterocycles. The molecule has 0 spiro atoms. The lowest BCUT2D eigenvalue weighted by Gasteiger charge is -2.24. The van der Waals surface area contributed by atoms with E-state index in [1.807, 2.05) is 24.4 Å². The number of benzene rings is 1. The Bertz CT molecular complexity index is 840. The Morgan fingerprint density at radius 3 is 2.96 bits per heavy atom. The minimum Gasteiger partial charge on any atom is -0.496 e. The van der Waals surface area contributed by atoms with E-state index in [9.17, 15) is 0 Å². The monoisotopic (exact) mass is 351 g/mol. The number of aliphatic imine (C=N–C) groups is 1. The molecular weight excluding hydrogens is 330 g/mol. The topological polar surface area (TPSA) is 95.5 Å². The molecule has 2 bridgehead atoms. The van der Waals surface area contributed by atoms with Crippen LogP contribution >= 0.6 is 0 Å². The van der Waals surface area contributed by atoms with Gasteiger partial charge in [0.2, 0.25) is 5.96 Å². The summed E-state index contributed by atoms with van der Waals surface area (Å²) in [6, 6.07) is 5.95. The molecule has 3 unspecified atom stereocenters. The molecule has 2 aliphatic rings. The number of hydrogen-bond donors (Lipinski definition) is 2. The summed E-state index contributed by atoms with van der Waals surface area (Å²) >= 11 is 0. The molecule has 0 saturated heterocycles. The first-order chi connectivity index (χ1) is 12.8. The summed E-state index contributed by atoms with van der Waals surface area (Å²) in [5.74, 6) is 3.27. The molecule has 3 atom stereocenters. The number of ether oxygens (including phenoxy) is 1. The second-order valence-corrected chi connectivity index (χ2v) is 6.87. The van der Waals surface area contributed by atoms with Crippen molar-refractivity contribution < 1.29 is 9.15 Å². The first-order valence-electron chi connectivity index (χ1n) is 8.84. The lowest BCUT2D eigenvalue weighted by atomic mass is 9.95. The van der Waals surface area contributed by atoms with E-state index in [0.717, 1.165) is 17.9 Å². The van der Waals surface area contributed by atoms with Crippen LogP contribution in [0.5, 0.6) is 5.75 Å². The van der Waals surface area contributed by atoms with E-state index in [1.165, 1.54) is 25.7 Å². The zero-order valence-corrected chi connectivity index (χ0v) is 14.6. The van der Waals surface area contributed by atoms with Crippen LogP contribution in [0, 0.1) is 23.3 Å². The number of aromatic nitrogens is 1. The van der Waals surface area contributed by atoms with E-state index in [-0.39, 0.29) is 0 Å². The van der Waals surface area contributed by atoms with Crippen LogP contribution in [0.3, 0.4) is 0 Å². The molecule has 26 heavy (non-hydrogen) atoms. The molecule has 134 valence electrons. The number of oxazole rings is 1. The molecule has 0 radical (unpaired) electrons. The number of methoxy groups -OCH3 is 1. The highest BCUT2D eigenvalue weighted by atomic mass is 16.5. The van der Waals surface area contributed by atoms with Crippen molar-refractivity contribution in [3.05, 3.63) is 30.8 Å². The number of hydrogen-bond acceptors (Lipinski definition) is 5. The van der Waals surface area contributed by atoms with E-state index in [2.05, 4.69) is 20.6 Å². The Kier molecular flexibility index (Phi) is 4.48. The predicted octanol–water partition coefficient (Wildman–Crippen LogP) is 3.19. The van der Waals surface area contributed by atoms with Gasteiger partial charge in [0.1, 0.15) is 5.75 Å². The fourth-order valence-electron chi connectivity index (χ4n) is 4.18. The van der Waals surface area contributed by atoms with Crippen LogP contribution in [0.4, 0.5) is 5.69 Å². The van der Waals surface area contributed by atoms with E-state index >= 15 is 0 Å². The van der Waals surface area contributed by atoms with Crippen molar-refractivity contribution in [1.29, 1.82) is 5.26 Å². The molecule has 1 aromatic heterocycles. The van der Waals surface area contributed by atoms with E-state index in [1.54, 1.807) is 13.3 Å². The lowest BCUT2D eigenvalue weighted by molar-refractivity contribution is 0.388. The molecule has 2 aromatic rings. The molecule has 7 heteroatoms. The molecule has 2 saturated carbocycles. The number of fused-ring (bicyclic) bond motifs is 2. The maximum Gasteiger partial charge on any atom is 0.210 e. The van der Waals surface area contributed by atoms with E-state index < -0.39 is 0 Å². The van der Waals surface area contributed by atoms with E-state index in [0.29, 0.717) is 35.1 Å². The average Bonchev–Trinajstić information content (AvgIpc) is 3.40. The summed E-state index contributed by atoms with van der Waals surface area (Å²) in [4.78, 5) is 8.51. The van der Waals surface area contributed by atoms with Crippen molar-refractivity contribution in [2.24, 2.45) is 16.8 Å². The molecule has 1 aromatic carbocycles. The maximum absolute atomic E-state index is 9.06. The SMILES string of the molecule is COc1cc(/N=C(\NC#N)NC2CC3CCC2C3)ccc1-c1cnco1. The largest absolute Gasteiger partial charge is 0.496 e. The Hall–Kier alpha value is -3.01. The number of nitrogens with zero attached hydrogens (tertiary/aromatic N) is 3. The van der Waals surface area contributed by atoms with E-state index in [4.69, 9.17) is 14.4 Å². The highest BCUT2D eigenvalue weighted by Crippen LogP contribution is 2.44.